The second kappa shape index (κ2) is 3.39. The number of benzene rings is 1. The van der Waals surface area contributed by atoms with E-state index in [-0.39, 0.29) is 0 Å². The maximum atomic E-state index is 3.34. The lowest BCUT2D eigenvalue weighted by molar-refractivity contribution is 0.305. The Morgan fingerprint density at radius 2 is 1.71 bits per heavy atom. The van der Waals surface area contributed by atoms with Gasteiger partial charge in [-0.1, -0.05) is 45.0 Å². The largest absolute Gasteiger partial charge is 0.315 e. The Bertz CT molecular complexity index is 307. The molecule has 1 heterocycles. The summed E-state index contributed by atoms with van der Waals surface area (Å²) in [5.41, 5.74) is 3.29. The van der Waals surface area contributed by atoms with Crippen LogP contribution in [0.25, 0.3) is 0 Å². The fourth-order valence-corrected chi connectivity index (χ4v) is 1.97. The molecule has 1 heteroatoms. The van der Waals surface area contributed by atoms with Crippen molar-refractivity contribution in [3.8, 4) is 0 Å². The van der Waals surface area contributed by atoms with E-state index in [1.54, 1.807) is 0 Å². The van der Waals surface area contributed by atoms with Gasteiger partial charge in [0.2, 0.25) is 0 Å². The average molecular weight is 189 g/mol. The molecule has 0 atom stereocenters. The van der Waals surface area contributed by atoms with Crippen molar-refractivity contribution in [3.63, 3.8) is 0 Å². The smallest absolute Gasteiger partial charge is 0.0174 e. The number of hydrogen-bond donors (Lipinski definition) is 1. The van der Waals surface area contributed by atoms with Crippen LogP contribution in [0.5, 0.6) is 0 Å². The van der Waals surface area contributed by atoms with Crippen LogP contribution in [0.15, 0.2) is 24.3 Å². The summed E-state index contributed by atoms with van der Waals surface area (Å²) < 4.78 is 0. The molecule has 1 aliphatic heterocycles. The molecule has 1 fully saturated rings. The summed E-state index contributed by atoms with van der Waals surface area (Å²) in [5.74, 6) is 0.636. The van der Waals surface area contributed by atoms with Crippen LogP contribution < -0.4 is 5.32 Å². The van der Waals surface area contributed by atoms with E-state index in [1.807, 2.05) is 0 Å². The van der Waals surface area contributed by atoms with Crippen molar-refractivity contribution < 1.29 is 0 Å². The molecule has 0 spiro atoms. The minimum atomic E-state index is 0.384. The Balaban J connectivity index is 2.21. The minimum absolute atomic E-state index is 0.384. The quantitative estimate of drug-likeness (QED) is 0.754. The zero-order valence-corrected chi connectivity index (χ0v) is 9.30. The predicted octanol–water partition coefficient (Wildman–Crippen LogP) is 2.67. The van der Waals surface area contributed by atoms with Gasteiger partial charge in [0.15, 0.2) is 0 Å². The van der Waals surface area contributed by atoms with Gasteiger partial charge in [0.25, 0.3) is 0 Å². The highest BCUT2D eigenvalue weighted by Gasteiger charge is 2.33. The lowest BCUT2D eigenvalue weighted by atomic mass is 9.77. The molecule has 1 aromatic carbocycles. The maximum Gasteiger partial charge on any atom is 0.0174 e. The normalized spacial score (nSPS) is 19.4. The van der Waals surface area contributed by atoms with Gasteiger partial charge in [-0.05, 0) is 17.0 Å². The van der Waals surface area contributed by atoms with Gasteiger partial charge in [0, 0.05) is 18.5 Å². The second-order valence-corrected chi connectivity index (χ2v) is 4.94. The van der Waals surface area contributed by atoms with E-state index < -0.39 is 0 Å². The Labute approximate surface area is 86.5 Å². The Hall–Kier alpha value is -0.820. The van der Waals surface area contributed by atoms with E-state index in [9.17, 15) is 0 Å². The molecule has 0 radical (unpaired) electrons. The molecule has 1 N–H and O–H groups in total. The SMILES string of the molecule is CC(C)c1ccc(C2(C)CNC2)cc1. The number of rotatable bonds is 2. The maximum absolute atomic E-state index is 3.34. The van der Waals surface area contributed by atoms with Crippen molar-refractivity contribution in [2.75, 3.05) is 13.1 Å². The van der Waals surface area contributed by atoms with Crippen LogP contribution in [0, 0.1) is 0 Å². The van der Waals surface area contributed by atoms with Crippen molar-refractivity contribution >= 4 is 0 Å². The average Bonchev–Trinajstić information content (AvgIpc) is 2.14. The fourth-order valence-electron chi connectivity index (χ4n) is 1.97. The van der Waals surface area contributed by atoms with Gasteiger partial charge < -0.3 is 5.32 Å². The third-order valence-electron chi connectivity index (χ3n) is 3.30. The van der Waals surface area contributed by atoms with Gasteiger partial charge >= 0.3 is 0 Å². The third kappa shape index (κ3) is 1.57. The van der Waals surface area contributed by atoms with Gasteiger partial charge in [-0.2, -0.15) is 0 Å². The van der Waals surface area contributed by atoms with Crippen LogP contribution in [-0.2, 0) is 5.41 Å². The van der Waals surface area contributed by atoms with Crippen molar-refractivity contribution in [3.05, 3.63) is 35.4 Å². The summed E-state index contributed by atoms with van der Waals surface area (Å²) in [6.45, 7) is 9.04. The fraction of sp³-hybridized carbons (Fsp3) is 0.538. The zero-order valence-electron chi connectivity index (χ0n) is 9.30. The molecule has 0 bridgehead atoms. The summed E-state index contributed by atoms with van der Waals surface area (Å²) in [7, 11) is 0. The summed E-state index contributed by atoms with van der Waals surface area (Å²) >= 11 is 0. The molecule has 0 aromatic heterocycles. The molecule has 1 aliphatic rings. The molecule has 14 heavy (non-hydrogen) atoms. The first-order valence-electron chi connectivity index (χ1n) is 5.43. The second-order valence-electron chi connectivity index (χ2n) is 4.94. The molecular weight excluding hydrogens is 170 g/mol. The van der Waals surface area contributed by atoms with E-state index in [1.165, 1.54) is 11.1 Å². The number of hydrogen-bond acceptors (Lipinski definition) is 1. The lowest BCUT2D eigenvalue weighted by Crippen LogP contribution is -2.54. The highest BCUT2D eigenvalue weighted by atomic mass is 15.0. The lowest BCUT2D eigenvalue weighted by Gasteiger charge is -2.40. The first kappa shape index (κ1) is 9.72. The number of nitrogens with one attached hydrogen (secondary N) is 1. The van der Waals surface area contributed by atoms with Gasteiger partial charge in [-0.25, -0.2) is 0 Å². The van der Waals surface area contributed by atoms with E-state index in [0.29, 0.717) is 11.3 Å². The molecule has 1 aromatic rings. The van der Waals surface area contributed by atoms with E-state index in [4.69, 9.17) is 0 Å². The molecule has 2 rings (SSSR count). The summed E-state index contributed by atoms with van der Waals surface area (Å²) in [6, 6.07) is 9.11. The van der Waals surface area contributed by atoms with Crippen molar-refractivity contribution in [2.24, 2.45) is 0 Å². The summed E-state index contributed by atoms with van der Waals surface area (Å²) in [4.78, 5) is 0. The first-order valence-corrected chi connectivity index (χ1v) is 5.43. The predicted molar refractivity (Wildman–Crippen MR) is 60.8 cm³/mol. The zero-order chi connectivity index (χ0) is 10.2. The van der Waals surface area contributed by atoms with Crippen molar-refractivity contribution in [1.29, 1.82) is 0 Å². The summed E-state index contributed by atoms with van der Waals surface area (Å²) in [5, 5.41) is 3.34. The standard InChI is InChI=1S/C13H19N/c1-10(2)11-4-6-12(7-5-11)13(3)8-14-9-13/h4-7,10,14H,8-9H2,1-3H3. The van der Waals surface area contributed by atoms with Gasteiger partial charge in [-0.15, -0.1) is 0 Å². The van der Waals surface area contributed by atoms with Crippen LogP contribution in [0.3, 0.4) is 0 Å². The van der Waals surface area contributed by atoms with Crippen molar-refractivity contribution in [1.82, 2.24) is 5.32 Å². The van der Waals surface area contributed by atoms with Gasteiger partial charge in [0.05, 0.1) is 0 Å². The Morgan fingerprint density at radius 1 is 1.14 bits per heavy atom. The molecule has 1 saturated heterocycles. The topological polar surface area (TPSA) is 12.0 Å². The molecule has 0 aliphatic carbocycles. The molecule has 1 nitrogen and oxygen atoms in total. The van der Waals surface area contributed by atoms with Crippen molar-refractivity contribution in [2.45, 2.75) is 32.1 Å². The van der Waals surface area contributed by atoms with Gasteiger partial charge in [0.1, 0.15) is 0 Å². The van der Waals surface area contributed by atoms with Crippen LogP contribution in [0.2, 0.25) is 0 Å². The van der Waals surface area contributed by atoms with Crippen LogP contribution in [-0.4, -0.2) is 13.1 Å². The van der Waals surface area contributed by atoms with Crippen LogP contribution in [0.1, 0.15) is 37.8 Å². The molecular formula is C13H19N. The van der Waals surface area contributed by atoms with E-state index in [2.05, 4.69) is 50.4 Å². The monoisotopic (exact) mass is 189 g/mol. The molecule has 0 saturated carbocycles. The van der Waals surface area contributed by atoms with E-state index in [0.717, 1.165) is 13.1 Å². The van der Waals surface area contributed by atoms with Crippen LogP contribution in [0.4, 0.5) is 0 Å². The van der Waals surface area contributed by atoms with E-state index >= 15 is 0 Å². The minimum Gasteiger partial charge on any atom is -0.315 e. The third-order valence-corrected chi connectivity index (χ3v) is 3.30. The molecule has 0 amide bonds. The molecule has 76 valence electrons. The Morgan fingerprint density at radius 3 is 2.07 bits per heavy atom. The van der Waals surface area contributed by atoms with Gasteiger partial charge in [-0.3, -0.25) is 0 Å². The highest BCUT2D eigenvalue weighted by Crippen LogP contribution is 2.28. The summed E-state index contributed by atoms with van der Waals surface area (Å²) in [6.07, 6.45) is 0. The van der Waals surface area contributed by atoms with Crippen LogP contribution >= 0.6 is 0 Å². The highest BCUT2D eigenvalue weighted by molar-refractivity contribution is 5.32. The molecule has 0 unspecified atom stereocenters. The Kier molecular flexibility index (Phi) is 2.36. The first-order chi connectivity index (χ1) is 6.62.